The van der Waals surface area contributed by atoms with Gasteiger partial charge >= 0.3 is 0 Å². The molecule has 2 aromatic carbocycles. The molecule has 0 saturated carbocycles. The summed E-state index contributed by atoms with van der Waals surface area (Å²) in [6.07, 6.45) is 3.40. The summed E-state index contributed by atoms with van der Waals surface area (Å²) in [4.78, 5) is 27.5. The highest BCUT2D eigenvalue weighted by Crippen LogP contribution is 2.25. The van der Waals surface area contributed by atoms with Gasteiger partial charge in [-0.15, -0.1) is 24.2 Å². The number of benzene rings is 2. The molecule has 1 unspecified atom stereocenters. The molecule has 1 fully saturated rings. The van der Waals surface area contributed by atoms with Gasteiger partial charge in [0.15, 0.2) is 0 Å². The van der Waals surface area contributed by atoms with Crippen LogP contribution in [0.15, 0.2) is 47.4 Å². The van der Waals surface area contributed by atoms with Crippen LogP contribution >= 0.6 is 24.2 Å². The summed E-state index contributed by atoms with van der Waals surface area (Å²) in [7, 11) is 0. The van der Waals surface area contributed by atoms with Crippen LogP contribution in [0.1, 0.15) is 25.7 Å². The van der Waals surface area contributed by atoms with Gasteiger partial charge in [-0.05, 0) is 42.2 Å². The number of carbonyl (C=O) groups excluding carboxylic acids is 2. The average Bonchev–Trinajstić information content (AvgIpc) is 2.71. The van der Waals surface area contributed by atoms with Crippen LogP contribution in [0.5, 0.6) is 0 Å². The molecule has 1 aliphatic rings. The van der Waals surface area contributed by atoms with Gasteiger partial charge in [0.1, 0.15) is 0 Å². The molecule has 5 nitrogen and oxygen atoms in total. The summed E-state index contributed by atoms with van der Waals surface area (Å²) < 4.78 is 0. The van der Waals surface area contributed by atoms with Crippen molar-refractivity contribution in [2.75, 3.05) is 25.4 Å². The van der Waals surface area contributed by atoms with E-state index in [2.05, 4.69) is 35.6 Å². The van der Waals surface area contributed by atoms with E-state index in [1.54, 1.807) is 11.8 Å². The number of nitrogens with one attached hydrogen (secondary N) is 1. The number of carbonyl (C=O) groups is 2. The van der Waals surface area contributed by atoms with Crippen LogP contribution in [0.2, 0.25) is 0 Å². The minimum atomic E-state index is -0.0407. The highest BCUT2D eigenvalue weighted by Gasteiger charge is 2.26. The number of amides is 2. The van der Waals surface area contributed by atoms with Crippen molar-refractivity contribution < 1.29 is 9.59 Å². The van der Waals surface area contributed by atoms with E-state index in [1.165, 1.54) is 10.8 Å². The van der Waals surface area contributed by atoms with Gasteiger partial charge in [0.05, 0.1) is 5.75 Å². The number of hydrogen-bond acceptors (Lipinski definition) is 4. The lowest BCUT2D eigenvalue weighted by Crippen LogP contribution is -2.50. The first-order valence-corrected chi connectivity index (χ1v) is 10.5. The van der Waals surface area contributed by atoms with Crippen LogP contribution in [0, 0.1) is 0 Å². The van der Waals surface area contributed by atoms with Crippen molar-refractivity contribution in [3.8, 4) is 0 Å². The fraction of sp³-hybridized carbons (Fsp3) is 0.429. The summed E-state index contributed by atoms with van der Waals surface area (Å²) in [6, 6.07) is 14.6. The van der Waals surface area contributed by atoms with Gasteiger partial charge in [-0.3, -0.25) is 9.59 Å². The molecule has 1 heterocycles. The van der Waals surface area contributed by atoms with Gasteiger partial charge in [0, 0.05) is 37.0 Å². The van der Waals surface area contributed by atoms with Crippen molar-refractivity contribution in [3.63, 3.8) is 0 Å². The molecule has 1 atom stereocenters. The quantitative estimate of drug-likeness (QED) is 0.673. The molecule has 0 bridgehead atoms. The second-order valence-electron chi connectivity index (χ2n) is 6.88. The van der Waals surface area contributed by atoms with E-state index < -0.39 is 0 Å². The van der Waals surface area contributed by atoms with Gasteiger partial charge in [-0.2, -0.15) is 0 Å². The number of rotatable bonds is 7. The van der Waals surface area contributed by atoms with Crippen molar-refractivity contribution >= 4 is 46.8 Å². The molecular weight excluding hydrogens is 394 g/mol. The van der Waals surface area contributed by atoms with Crippen LogP contribution in [0.4, 0.5) is 0 Å². The molecule has 0 radical (unpaired) electrons. The number of likely N-dealkylation sites (tertiary alicyclic amines) is 1. The Morgan fingerprint density at radius 2 is 1.93 bits per heavy atom. The molecule has 3 rings (SSSR count). The van der Waals surface area contributed by atoms with Gasteiger partial charge < -0.3 is 16.0 Å². The zero-order valence-corrected chi connectivity index (χ0v) is 17.6. The van der Waals surface area contributed by atoms with E-state index in [9.17, 15) is 9.59 Å². The Bertz CT molecular complexity index is 802. The maximum atomic E-state index is 12.8. The third-order valence-corrected chi connectivity index (χ3v) is 5.92. The number of fused-ring (bicyclic) bond motifs is 1. The predicted octanol–water partition coefficient (Wildman–Crippen LogP) is 3.20. The fourth-order valence-corrected chi connectivity index (χ4v) is 4.31. The summed E-state index contributed by atoms with van der Waals surface area (Å²) in [5.41, 5.74) is 5.42. The second kappa shape index (κ2) is 11.3. The van der Waals surface area contributed by atoms with E-state index in [0.29, 0.717) is 25.3 Å². The van der Waals surface area contributed by atoms with E-state index >= 15 is 0 Å². The number of nitrogens with two attached hydrogens (primary N) is 1. The van der Waals surface area contributed by atoms with Crippen molar-refractivity contribution in [1.29, 1.82) is 0 Å². The van der Waals surface area contributed by atoms with E-state index in [-0.39, 0.29) is 30.3 Å². The van der Waals surface area contributed by atoms with E-state index in [0.717, 1.165) is 30.7 Å². The van der Waals surface area contributed by atoms with Crippen LogP contribution in [0.25, 0.3) is 10.8 Å². The highest BCUT2D eigenvalue weighted by molar-refractivity contribution is 8.00. The molecule has 3 N–H and O–H groups in total. The lowest BCUT2D eigenvalue weighted by Gasteiger charge is -2.36. The standard InChI is InChI=1S/C21H27N3O2S.ClH/c22-11-10-20(25)23-14-18-7-3-4-12-24(18)21(26)15-27-19-9-8-16-5-1-2-6-17(16)13-19;/h1-2,5-6,8-9,13,18H,3-4,7,10-12,14-15,22H2,(H,23,25);1H. The van der Waals surface area contributed by atoms with Crippen LogP contribution in [-0.2, 0) is 9.59 Å². The Labute approximate surface area is 176 Å². The van der Waals surface area contributed by atoms with Crippen LogP contribution < -0.4 is 11.1 Å². The van der Waals surface area contributed by atoms with Gasteiger partial charge in [0.2, 0.25) is 11.8 Å². The second-order valence-corrected chi connectivity index (χ2v) is 7.93. The minimum absolute atomic E-state index is 0. The molecule has 2 aromatic rings. The lowest BCUT2D eigenvalue weighted by atomic mass is 10.0. The summed E-state index contributed by atoms with van der Waals surface area (Å²) in [5.74, 6) is 0.526. The molecule has 0 aromatic heterocycles. The Hall–Kier alpha value is -1.76. The zero-order valence-electron chi connectivity index (χ0n) is 15.9. The molecule has 7 heteroatoms. The van der Waals surface area contributed by atoms with Crippen LogP contribution in [-0.4, -0.2) is 48.1 Å². The third kappa shape index (κ3) is 6.12. The topological polar surface area (TPSA) is 75.4 Å². The summed E-state index contributed by atoms with van der Waals surface area (Å²) in [6.45, 7) is 1.64. The molecule has 2 amide bonds. The molecule has 152 valence electrons. The fourth-order valence-electron chi connectivity index (χ4n) is 3.48. The monoisotopic (exact) mass is 421 g/mol. The number of halogens is 1. The normalized spacial score (nSPS) is 16.5. The molecular formula is C21H28ClN3O2S. The maximum Gasteiger partial charge on any atom is 0.233 e. The number of nitrogens with zero attached hydrogens (tertiary/aromatic N) is 1. The molecule has 28 heavy (non-hydrogen) atoms. The largest absolute Gasteiger partial charge is 0.354 e. The first kappa shape index (κ1) is 22.5. The van der Waals surface area contributed by atoms with Gasteiger partial charge in [0.25, 0.3) is 0 Å². The molecule has 1 aliphatic heterocycles. The van der Waals surface area contributed by atoms with Crippen molar-refractivity contribution in [1.82, 2.24) is 10.2 Å². The first-order chi connectivity index (χ1) is 13.2. The summed E-state index contributed by atoms with van der Waals surface area (Å²) >= 11 is 1.58. The van der Waals surface area contributed by atoms with E-state index in [1.807, 2.05) is 17.0 Å². The number of hydrogen-bond donors (Lipinski definition) is 2. The van der Waals surface area contributed by atoms with Crippen molar-refractivity contribution in [3.05, 3.63) is 42.5 Å². The first-order valence-electron chi connectivity index (χ1n) is 9.55. The maximum absolute atomic E-state index is 12.8. The number of piperidine rings is 1. The van der Waals surface area contributed by atoms with Crippen LogP contribution in [0.3, 0.4) is 0 Å². The lowest BCUT2D eigenvalue weighted by molar-refractivity contribution is -0.132. The number of thioether (sulfide) groups is 1. The van der Waals surface area contributed by atoms with Crippen molar-refractivity contribution in [2.45, 2.75) is 36.6 Å². The Morgan fingerprint density at radius 3 is 2.71 bits per heavy atom. The minimum Gasteiger partial charge on any atom is -0.354 e. The highest BCUT2D eigenvalue weighted by atomic mass is 35.5. The van der Waals surface area contributed by atoms with Crippen molar-refractivity contribution in [2.24, 2.45) is 5.73 Å². The summed E-state index contributed by atoms with van der Waals surface area (Å²) in [5, 5.41) is 5.31. The average molecular weight is 422 g/mol. The molecule has 1 saturated heterocycles. The predicted molar refractivity (Wildman–Crippen MR) is 118 cm³/mol. The molecule has 0 aliphatic carbocycles. The van der Waals surface area contributed by atoms with E-state index in [4.69, 9.17) is 5.73 Å². The van der Waals surface area contributed by atoms with Gasteiger partial charge in [-0.1, -0.05) is 30.3 Å². The zero-order chi connectivity index (χ0) is 19.1. The Kier molecular flexibility index (Phi) is 9.09. The third-order valence-electron chi connectivity index (χ3n) is 4.94. The molecule has 0 spiro atoms. The SMILES string of the molecule is Cl.NCCC(=O)NCC1CCCCN1C(=O)CSc1ccc2ccccc2c1. The Morgan fingerprint density at radius 1 is 1.14 bits per heavy atom. The Balaban J connectivity index is 0.00000280. The smallest absolute Gasteiger partial charge is 0.233 e. The van der Waals surface area contributed by atoms with Gasteiger partial charge in [-0.25, -0.2) is 0 Å².